The van der Waals surface area contributed by atoms with E-state index >= 15 is 0 Å². The summed E-state index contributed by atoms with van der Waals surface area (Å²) in [5, 5.41) is 7.05. The van der Waals surface area contributed by atoms with Gasteiger partial charge in [0.15, 0.2) is 0 Å². The first-order valence-electron chi connectivity index (χ1n) is 14.8. The molecule has 19 heteroatoms. The Morgan fingerprint density at radius 3 is 1.22 bits per heavy atom. The lowest BCUT2D eigenvalue weighted by atomic mass is 10.2. The molecule has 6 N–H and O–H groups in total. The lowest BCUT2D eigenvalue weighted by molar-refractivity contribution is 0.209. The maximum Gasteiger partial charge on any atom is 0.330 e. The molecule has 0 aliphatic heterocycles. The monoisotopic (exact) mass is 737 g/mol. The van der Waals surface area contributed by atoms with Gasteiger partial charge in [-0.3, -0.25) is 4.90 Å². The van der Waals surface area contributed by atoms with E-state index in [4.69, 9.17) is 0 Å². The van der Waals surface area contributed by atoms with Crippen LogP contribution < -0.4 is 30.1 Å². The number of carbonyl (C=O) groups is 3. The van der Waals surface area contributed by atoms with E-state index < -0.39 is 54.3 Å². The van der Waals surface area contributed by atoms with Gasteiger partial charge in [-0.2, -0.15) is 0 Å². The van der Waals surface area contributed by atoms with Gasteiger partial charge >= 0.3 is 18.1 Å². The third kappa shape index (κ3) is 12.0. The number of carbonyl (C=O) groups excluding carboxylic acids is 3. The van der Waals surface area contributed by atoms with Crippen molar-refractivity contribution >= 4 is 48.2 Å². The first-order valence-corrected chi connectivity index (χ1v) is 19.2. The Hall–Kier alpha value is -4.72. The maximum atomic E-state index is 12.8. The third-order valence-corrected chi connectivity index (χ3v) is 10.9. The minimum Gasteiger partial charge on any atom is -0.336 e. The second-order valence-electron chi connectivity index (χ2n) is 10.9. The first kappa shape index (κ1) is 38.7. The number of hydrogen-bond donors (Lipinski definition) is 6. The molecule has 6 amide bonds. The number of hydrogen-bond acceptors (Lipinski definition) is 10. The van der Waals surface area contributed by atoms with Gasteiger partial charge in [-0.1, -0.05) is 60.0 Å². The highest BCUT2D eigenvalue weighted by atomic mass is 32.2. The van der Waals surface area contributed by atoms with Crippen molar-refractivity contribution in [3.8, 4) is 0 Å². The summed E-state index contributed by atoms with van der Waals surface area (Å²) in [6, 6.07) is 13.8. The quantitative estimate of drug-likeness (QED) is 0.131. The molecular formula is C30H39N7O9S3. The molecule has 3 aromatic rings. The summed E-state index contributed by atoms with van der Waals surface area (Å²) < 4.78 is 81.7. The van der Waals surface area contributed by atoms with Gasteiger partial charge in [0.05, 0.1) is 14.7 Å². The number of amides is 6. The van der Waals surface area contributed by atoms with E-state index in [0.29, 0.717) is 0 Å². The maximum absolute atomic E-state index is 12.8. The van der Waals surface area contributed by atoms with Crippen LogP contribution in [0.15, 0.2) is 87.5 Å². The molecule has 16 nitrogen and oxygen atoms in total. The summed E-state index contributed by atoms with van der Waals surface area (Å²) in [7, 11) is -12.8. The van der Waals surface area contributed by atoms with Crippen LogP contribution >= 0.6 is 0 Å². The Bertz CT molecular complexity index is 1860. The molecule has 0 aromatic heterocycles. The molecule has 0 heterocycles. The van der Waals surface area contributed by atoms with Crippen LogP contribution in [0, 0.1) is 20.8 Å². The van der Waals surface area contributed by atoms with Crippen LogP contribution in [-0.4, -0.2) is 80.6 Å². The van der Waals surface area contributed by atoms with Crippen LogP contribution in [0.3, 0.4) is 0 Å². The molecule has 49 heavy (non-hydrogen) atoms. The second kappa shape index (κ2) is 16.6. The number of rotatable bonds is 14. The lowest BCUT2D eigenvalue weighted by Crippen LogP contribution is -2.59. The topological polar surface area (TPSA) is 229 Å². The Kier molecular flexibility index (Phi) is 13.1. The number of urea groups is 3. The van der Waals surface area contributed by atoms with Gasteiger partial charge < -0.3 is 16.0 Å². The fraction of sp³-hybridized carbons (Fsp3) is 0.300. The summed E-state index contributed by atoms with van der Waals surface area (Å²) in [4.78, 5) is 39.2. The van der Waals surface area contributed by atoms with Gasteiger partial charge in [0.25, 0.3) is 30.1 Å². The van der Waals surface area contributed by atoms with E-state index in [1.807, 2.05) is 14.2 Å². The summed E-state index contributed by atoms with van der Waals surface area (Å²) >= 11 is 0. The Morgan fingerprint density at radius 1 is 0.571 bits per heavy atom. The summed E-state index contributed by atoms with van der Waals surface area (Å²) in [5.41, 5.74) is 2.42. The number of aryl methyl sites for hydroxylation is 3. The molecule has 0 unspecified atom stereocenters. The molecule has 266 valence electrons. The molecular weight excluding hydrogens is 699 g/mol. The predicted molar refractivity (Wildman–Crippen MR) is 181 cm³/mol. The highest BCUT2D eigenvalue weighted by Gasteiger charge is 2.25. The molecule has 0 radical (unpaired) electrons. The smallest absolute Gasteiger partial charge is 0.330 e. The van der Waals surface area contributed by atoms with Crippen LogP contribution in [0.5, 0.6) is 0 Å². The van der Waals surface area contributed by atoms with Crippen molar-refractivity contribution < 1.29 is 39.6 Å². The molecule has 0 spiro atoms. The van der Waals surface area contributed by atoms with Crippen molar-refractivity contribution in [1.82, 2.24) is 35.0 Å². The molecule has 0 fully saturated rings. The minimum absolute atomic E-state index is 0.0704. The fourth-order valence-corrected chi connectivity index (χ4v) is 6.96. The highest BCUT2D eigenvalue weighted by Crippen LogP contribution is 2.12. The van der Waals surface area contributed by atoms with E-state index in [9.17, 15) is 39.6 Å². The summed E-state index contributed by atoms with van der Waals surface area (Å²) in [6.07, 6.45) is -1.36. The molecule has 0 bridgehead atoms. The summed E-state index contributed by atoms with van der Waals surface area (Å²) in [6.45, 7) is 7.07. The van der Waals surface area contributed by atoms with Gasteiger partial charge in [0.1, 0.15) is 6.17 Å². The number of likely N-dealkylation sites (N-methyl/N-ethyl adjacent to an activating group) is 1. The van der Waals surface area contributed by atoms with Crippen molar-refractivity contribution in [2.24, 2.45) is 0 Å². The van der Waals surface area contributed by atoms with Crippen LogP contribution in [0.2, 0.25) is 0 Å². The van der Waals surface area contributed by atoms with Gasteiger partial charge in [-0.05, 0) is 63.7 Å². The van der Waals surface area contributed by atoms with Crippen molar-refractivity contribution in [2.75, 3.05) is 26.2 Å². The van der Waals surface area contributed by atoms with Crippen LogP contribution in [0.25, 0.3) is 0 Å². The third-order valence-electron chi connectivity index (χ3n) is 6.89. The standard InChI is InChI=1S/C30H39N7O9S3/c1-5-37(19-18-31-28(38)34-47(41,42)24-12-6-21(2)7-13-24)20-27(32-29(39)35-48(43,44)25-14-8-22(3)9-15-25)33-30(40)36-49(45,46)26-16-10-23(4)11-17-26/h6-17,27H,5,18-20H2,1-4H3,(H2,31,34,38)(H2,32,35,39)(H2,33,36,40). The van der Waals surface area contributed by atoms with Gasteiger partial charge in [0.2, 0.25) is 0 Å². The Balaban J connectivity index is 1.68. The molecule has 0 saturated heterocycles. The number of sulfonamides is 3. The Morgan fingerprint density at radius 2 is 0.898 bits per heavy atom. The minimum atomic E-state index is -4.32. The van der Waals surface area contributed by atoms with Gasteiger partial charge in [-0.25, -0.2) is 53.8 Å². The van der Waals surface area contributed by atoms with Crippen LogP contribution in [0.1, 0.15) is 23.6 Å². The van der Waals surface area contributed by atoms with Crippen molar-refractivity contribution in [3.63, 3.8) is 0 Å². The summed E-state index contributed by atoms with van der Waals surface area (Å²) in [5.74, 6) is 0. The second-order valence-corrected chi connectivity index (χ2v) is 16.0. The largest absolute Gasteiger partial charge is 0.336 e. The Labute approximate surface area is 286 Å². The van der Waals surface area contributed by atoms with Crippen LogP contribution in [0.4, 0.5) is 14.4 Å². The zero-order valence-corrected chi connectivity index (χ0v) is 29.6. The van der Waals surface area contributed by atoms with E-state index in [0.717, 1.165) is 16.7 Å². The number of nitrogens with one attached hydrogen (secondary N) is 6. The highest BCUT2D eigenvalue weighted by molar-refractivity contribution is 7.90. The van der Waals surface area contributed by atoms with E-state index in [-0.39, 0.29) is 40.9 Å². The lowest BCUT2D eigenvalue weighted by Gasteiger charge is -2.28. The SMILES string of the molecule is CCN(CCNC(=O)NS(=O)(=O)c1ccc(C)cc1)CC(NC(=O)NS(=O)(=O)c1ccc(C)cc1)NC(=O)NS(=O)(=O)c1ccc(C)cc1. The average Bonchev–Trinajstić information content (AvgIpc) is 3.00. The normalized spacial score (nSPS) is 11.9. The van der Waals surface area contributed by atoms with E-state index in [2.05, 4.69) is 16.0 Å². The molecule has 0 saturated carbocycles. The van der Waals surface area contributed by atoms with Crippen molar-refractivity contribution in [1.29, 1.82) is 0 Å². The molecule has 3 aromatic carbocycles. The zero-order chi connectivity index (χ0) is 36.4. The fourth-order valence-electron chi connectivity index (χ4n) is 4.20. The van der Waals surface area contributed by atoms with Crippen molar-refractivity contribution in [3.05, 3.63) is 89.5 Å². The van der Waals surface area contributed by atoms with Gasteiger partial charge in [-0.15, -0.1) is 0 Å². The van der Waals surface area contributed by atoms with Crippen molar-refractivity contribution in [2.45, 2.75) is 48.5 Å². The van der Waals surface area contributed by atoms with E-state index in [1.54, 1.807) is 69.0 Å². The predicted octanol–water partition coefficient (Wildman–Crippen LogP) is 1.62. The molecule has 3 rings (SSSR count). The zero-order valence-electron chi connectivity index (χ0n) is 27.2. The number of nitrogens with zero attached hydrogens (tertiary/aromatic N) is 1. The molecule has 0 aliphatic carbocycles. The molecule has 0 atom stereocenters. The molecule has 0 aliphatic rings. The van der Waals surface area contributed by atoms with E-state index in [1.165, 1.54) is 36.4 Å². The average molecular weight is 738 g/mol. The first-order chi connectivity index (χ1) is 22.9. The van der Waals surface area contributed by atoms with Gasteiger partial charge in [0, 0.05) is 19.6 Å². The number of benzene rings is 3. The van der Waals surface area contributed by atoms with Crippen LogP contribution in [-0.2, 0) is 30.1 Å².